The highest BCUT2D eigenvalue weighted by Gasteiger charge is 2.22. The topological polar surface area (TPSA) is 102 Å². The van der Waals surface area contributed by atoms with Crippen molar-refractivity contribution in [2.45, 2.75) is 6.92 Å². The SMILES string of the molecule is Cc1cc(NC(=O)c2nc(C(=O)Nc3cccc(F)c3)c3ccccn23)no1. The molecule has 3 heterocycles. The van der Waals surface area contributed by atoms with Gasteiger partial charge in [0.1, 0.15) is 11.6 Å². The van der Waals surface area contributed by atoms with Crippen molar-refractivity contribution in [1.29, 1.82) is 0 Å². The summed E-state index contributed by atoms with van der Waals surface area (Å²) < 4.78 is 19.8. The van der Waals surface area contributed by atoms with Crippen LogP contribution in [0, 0.1) is 12.7 Å². The van der Waals surface area contributed by atoms with Crippen molar-refractivity contribution in [2.24, 2.45) is 0 Å². The molecule has 0 saturated carbocycles. The largest absolute Gasteiger partial charge is 0.360 e. The van der Waals surface area contributed by atoms with E-state index in [1.54, 1.807) is 43.5 Å². The van der Waals surface area contributed by atoms with Crippen LogP contribution in [0.25, 0.3) is 5.52 Å². The minimum absolute atomic E-state index is 0.000597. The van der Waals surface area contributed by atoms with Crippen LogP contribution in [0.2, 0.25) is 0 Å². The summed E-state index contributed by atoms with van der Waals surface area (Å²) in [5.74, 6) is -0.819. The van der Waals surface area contributed by atoms with Gasteiger partial charge in [-0.1, -0.05) is 17.3 Å². The number of aromatic nitrogens is 3. The molecule has 28 heavy (non-hydrogen) atoms. The van der Waals surface area contributed by atoms with Crippen LogP contribution in [0.5, 0.6) is 0 Å². The first kappa shape index (κ1) is 17.4. The Hall–Kier alpha value is -4.01. The number of amides is 2. The highest BCUT2D eigenvalue weighted by molar-refractivity contribution is 6.10. The van der Waals surface area contributed by atoms with Crippen LogP contribution < -0.4 is 10.6 Å². The van der Waals surface area contributed by atoms with Gasteiger partial charge >= 0.3 is 0 Å². The Morgan fingerprint density at radius 2 is 1.93 bits per heavy atom. The maximum atomic E-state index is 13.4. The third-order valence-electron chi connectivity index (χ3n) is 3.92. The lowest BCUT2D eigenvalue weighted by atomic mass is 10.2. The molecule has 0 aliphatic carbocycles. The molecule has 0 atom stereocenters. The van der Waals surface area contributed by atoms with Crippen molar-refractivity contribution < 1.29 is 18.5 Å². The first-order valence-corrected chi connectivity index (χ1v) is 8.30. The summed E-state index contributed by atoms with van der Waals surface area (Å²) in [5.41, 5.74) is 0.746. The Kier molecular flexibility index (Phi) is 4.32. The average molecular weight is 379 g/mol. The number of nitrogens with zero attached hydrogens (tertiary/aromatic N) is 3. The molecular formula is C19H14FN5O3. The number of rotatable bonds is 4. The van der Waals surface area contributed by atoms with E-state index in [1.165, 1.54) is 22.6 Å². The Bertz CT molecular complexity index is 1200. The van der Waals surface area contributed by atoms with Crippen LogP contribution in [0.15, 0.2) is 59.3 Å². The minimum atomic E-state index is -0.564. The van der Waals surface area contributed by atoms with Crippen molar-refractivity contribution in [3.63, 3.8) is 0 Å². The second-order valence-electron chi connectivity index (χ2n) is 5.98. The normalized spacial score (nSPS) is 10.8. The highest BCUT2D eigenvalue weighted by atomic mass is 19.1. The van der Waals surface area contributed by atoms with Gasteiger partial charge in [-0.3, -0.25) is 14.0 Å². The number of imidazole rings is 1. The van der Waals surface area contributed by atoms with E-state index in [1.807, 2.05) is 0 Å². The predicted molar refractivity (Wildman–Crippen MR) is 98.7 cm³/mol. The number of fused-ring (bicyclic) bond motifs is 1. The quantitative estimate of drug-likeness (QED) is 0.567. The molecular weight excluding hydrogens is 365 g/mol. The van der Waals surface area contributed by atoms with Crippen LogP contribution in [0.3, 0.4) is 0 Å². The number of hydrogen-bond donors (Lipinski definition) is 2. The zero-order chi connectivity index (χ0) is 19.7. The van der Waals surface area contributed by atoms with Gasteiger partial charge in [-0.05, 0) is 37.3 Å². The van der Waals surface area contributed by atoms with Gasteiger partial charge in [-0.2, -0.15) is 0 Å². The molecule has 0 unspecified atom stereocenters. The van der Waals surface area contributed by atoms with E-state index in [2.05, 4.69) is 20.8 Å². The van der Waals surface area contributed by atoms with Gasteiger partial charge < -0.3 is 15.2 Å². The van der Waals surface area contributed by atoms with Crippen LogP contribution in [0.1, 0.15) is 26.9 Å². The second-order valence-corrected chi connectivity index (χ2v) is 5.98. The molecule has 8 nitrogen and oxygen atoms in total. The number of pyridine rings is 1. The van der Waals surface area contributed by atoms with Gasteiger partial charge in [0.05, 0.1) is 5.52 Å². The summed E-state index contributed by atoms with van der Waals surface area (Å²) in [4.78, 5) is 29.5. The smallest absolute Gasteiger partial charge is 0.293 e. The lowest BCUT2D eigenvalue weighted by Crippen LogP contribution is -2.16. The summed E-state index contributed by atoms with van der Waals surface area (Å²) in [6.45, 7) is 1.70. The van der Waals surface area contributed by atoms with Crippen LogP contribution in [0.4, 0.5) is 15.9 Å². The predicted octanol–water partition coefficient (Wildman–Crippen LogP) is 3.27. The molecule has 0 bridgehead atoms. The van der Waals surface area contributed by atoms with Crippen molar-refractivity contribution in [3.05, 3.63) is 77.8 Å². The second kappa shape index (κ2) is 6.95. The Balaban J connectivity index is 1.67. The molecule has 9 heteroatoms. The summed E-state index contributed by atoms with van der Waals surface area (Å²) in [5, 5.41) is 8.86. The number of carbonyl (C=O) groups excluding carboxylic acids is 2. The summed E-state index contributed by atoms with van der Waals surface area (Å²) in [6, 6.07) is 12.1. The summed E-state index contributed by atoms with van der Waals surface area (Å²) >= 11 is 0. The zero-order valence-corrected chi connectivity index (χ0v) is 14.6. The molecule has 0 radical (unpaired) electrons. The summed E-state index contributed by atoms with van der Waals surface area (Å²) in [6.07, 6.45) is 1.62. The van der Waals surface area contributed by atoms with Gasteiger partial charge in [-0.25, -0.2) is 9.37 Å². The molecule has 4 aromatic rings. The van der Waals surface area contributed by atoms with E-state index in [0.717, 1.165) is 0 Å². The number of carbonyl (C=O) groups is 2. The van der Waals surface area contributed by atoms with Gasteiger partial charge in [0.25, 0.3) is 11.8 Å². The molecule has 4 rings (SSSR count). The van der Waals surface area contributed by atoms with Gasteiger partial charge in [0.15, 0.2) is 11.5 Å². The zero-order valence-electron chi connectivity index (χ0n) is 14.6. The fraction of sp³-hybridized carbons (Fsp3) is 0.0526. The molecule has 0 saturated heterocycles. The van der Waals surface area contributed by atoms with Crippen molar-refractivity contribution >= 4 is 28.8 Å². The summed E-state index contributed by atoms with van der Waals surface area (Å²) in [7, 11) is 0. The standard InChI is InChI=1S/C19H14FN5O3/c1-11-9-15(24-28-11)22-19(27)17-23-16(14-7-2-3-8-25(14)17)18(26)21-13-6-4-5-12(20)10-13/h2-10H,1H3,(H,21,26)(H,22,24,27). The Labute approximate surface area is 158 Å². The lowest BCUT2D eigenvalue weighted by molar-refractivity contribution is 0.101. The number of nitrogens with one attached hydrogen (secondary N) is 2. The lowest BCUT2D eigenvalue weighted by Gasteiger charge is -2.03. The van der Waals surface area contributed by atoms with E-state index in [4.69, 9.17) is 4.52 Å². The van der Waals surface area contributed by atoms with Crippen molar-refractivity contribution in [3.8, 4) is 0 Å². The maximum absolute atomic E-state index is 13.4. The Morgan fingerprint density at radius 3 is 2.68 bits per heavy atom. The monoisotopic (exact) mass is 379 g/mol. The maximum Gasteiger partial charge on any atom is 0.293 e. The molecule has 2 N–H and O–H groups in total. The molecule has 2 amide bonds. The fourth-order valence-corrected chi connectivity index (χ4v) is 2.72. The molecule has 0 fully saturated rings. The molecule has 1 aromatic carbocycles. The minimum Gasteiger partial charge on any atom is -0.360 e. The van der Waals surface area contributed by atoms with E-state index < -0.39 is 17.6 Å². The number of hydrogen-bond acceptors (Lipinski definition) is 5. The van der Waals surface area contributed by atoms with E-state index in [0.29, 0.717) is 11.3 Å². The first-order valence-electron chi connectivity index (χ1n) is 8.30. The van der Waals surface area contributed by atoms with E-state index in [-0.39, 0.29) is 23.0 Å². The number of anilines is 2. The average Bonchev–Trinajstić information content (AvgIpc) is 3.25. The van der Waals surface area contributed by atoms with Gasteiger partial charge in [0.2, 0.25) is 5.82 Å². The van der Waals surface area contributed by atoms with Gasteiger partial charge in [0, 0.05) is 18.0 Å². The van der Waals surface area contributed by atoms with Crippen molar-refractivity contribution in [2.75, 3.05) is 10.6 Å². The Morgan fingerprint density at radius 1 is 1.07 bits per heavy atom. The van der Waals surface area contributed by atoms with Crippen LogP contribution in [-0.4, -0.2) is 26.4 Å². The number of benzene rings is 1. The molecule has 3 aromatic heterocycles. The van der Waals surface area contributed by atoms with E-state index >= 15 is 0 Å². The third kappa shape index (κ3) is 3.32. The van der Waals surface area contributed by atoms with E-state index in [9.17, 15) is 14.0 Å². The highest BCUT2D eigenvalue weighted by Crippen LogP contribution is 2.17. The van der Waals surface area contributed by atoms with Crippen molar-refractivity contribution in [1.82, 2.24) is 14.5 Å². The number of aryl methyl sites for hydroxylation is 1. The molecule has 0 aliphatic heterocycles. The first-order chi connectivity index (χ1) is 13.5. The molecule has 140 valence electrons. The molecule has 0 spiro atoms. The van der Waals surface area contributed by atoms with Gasteiger partial charge in [-0.15, -0.1) is 0 Å². The van der Waals surface area contributed by atoms with Crippen LogP contribution >= 0.6 is 0 Å². The molecule has 0 aliphatic rings. The fourth-order valence-electron chi connectivity index (χ4n) is 2.72. The van der Waals surface area contributed by atoms with Crippen LogP contribution in [-0.2, 0) is 0 Å². The number of halogens is 1. The third-order valence-corrected chi connectivity index (χ3v) is 3.92.